The number of benzene rings is 3. The van der Waals surface area contributed by atoms with Gasteiger partial charge in [0.1, 0.15) is 11.5 Å². The standard InChI is InChI=1S/C20H20N2O6S2/c1-27-16-9-13-18(14-10-16)29(23,24)21-15-7-11-17(12-8-15)30(25,26)22-19-5-3-4-6-20(19)28-2/h3-14,21-22H,1-2H3. The lowest BCUT2D eigenvalue weighted by molar-refractivity contribution is 0.414. The molecule has 0 aliphatic heterocycles. The van der Waals surface area contributed by atoms with E-state index >= 15 is 0 Å². The molecule has 0 aliphatic rings. The zero-order chi connectivity index (χ0) is 21.8. The van der Waals surface area contributed by atoms with Crippen LogP contribution >= 0.6 is 0 Å². The second-order valence-corrected chi connectivity index (χ2v) is 9.48. The van der Waals surface area contributed by atoms with Crippen molar-refractivity contribution >= 4 is 31.4 Å². The summed E-state index contributed by atoms with van der Waals surface area (Å²) in [6.45, 7) is 0. The van der Waals surface area contributed by atoms with Gasteiger partial charge in [0.15, 0.2) is 0 Å². The van der Waals surface area contributed by atoms with Crippen molar-refractivity contribution in [3.63, 3.8) is 0 Å². The Morgan fingerprint density at radius 1 is 0.633 bits per heavy atom. The van der Waals surface area contributed by atoms with E-state index in [4.69, 9.17) is 9.47 Å². The van der Waals surface area contributed by atoms with Crippen molar-refractivity contribution in [3.05, 3.63) is 72.8 Å². The third-order valence-electron chi connectivity index (χ3n) is 4.14. The molecule has 0 saturated heterocycles. The Morgan fingerprint density at radius 3 is 1.73 bits per heavy atom. The number of rotatable bonds is 8. The molecule has 0 heterocycles. The maximum Gasteiger partial charge on any atom is 0.262 e. The van der Waals surface area contributed by atoms with Gasteiger partial charge in [-0.3, -0.25) is 9.44 Å². The summed E-state index contributed by atoms with van der Waals surface area (Å²) in [7, 11) is -4.79. The van der Waals surface area contributed by atoms with Crippen LogP contribution in [0, 0.1) is 0 Å². The van der Waals surface area contributed by atoms with Gasteiger partial charge in [0.2, 0.25) is 0 Å². The summed E-state index contributed by atoms with van der Waals surface area (Å²) < 4.78 is 65.3. The van der Waals surface area contributed by atoms with Crippen LogP contribution in [0.2, 0.25) is 0 Å². The Bertz CT molecular complexity index is 1220. The molecule has 0 aromatic heterocycles. The van der Waals surface area contributed by atoms with Gasteiger partial charge in [0.05, 0.1) is 29.7 Å². The van der Waals surface area contributed by atoms with E-state index in [1.54, 1.807) is 24.3 Å². The first kappa shape index (κ1) is 21.5. The topological polar surface area (TPSA) is 111 Å². The van der Waals surface area contributed by atoms with Crippen LogP contribution in [0.15, 0.2) is 82.6 Å². The minimum absolute atomic E-state index is 0.0270. The number of methoxy groups -OCH3 is 2. The summed E-state index contributed by atoms with van der Waals surface area (Å²) in [5, 5.41) is 0. The summed E-state index contributed by atoms with van der Waals surface area (Å²) >= 11 is 0. The molecule has 0 atom stereocenters. The average Bonchev–Trinajstić information content (AvgIpc) is 2.74. The number of hydrogen-bond donors (Lipinski definition) is 2. The largest absolute Gasteiger partial charge is 0.497 e. The molecule has 3 aromatic rings. The van der Waals surface area contributed by atoms with Crippen molar-refractivity contribution in [1.82, 2.24) is 0 Å². The van der Waals surface area contributed by atoms with Crippen LogP contribution in [0.25, 0.3) is 0 Å². The maximum absolute atomic E-state index is 12.6. The summed E-state index contributed by atoms with van der Waals surface area (Å²) in [4.78, 5) is 0.0265. The van der Waals surface area contributed by atoms with E-state index in [0.29, 0.717) is 17.2 Å². The fraction of sp³-hybridized carbons (Fsp3) is 0.100. The Hall–Kier alpha value is -3.24. The number of hydrogen-bond acceptors (Lipinski definition) is 6. The molecule has 3 aromatic carbocycles. The second-order valence-electron chi connectivity index (χ2n) is 6.11. The third kappa shape index (κ3) is 4.84. The SMILES string of the molecule is COc1ccc(S(=O)(=O)Nc2ccc(S(=O)(=O)Nc3ccccc3OC)cc2)cc1. The Morgan fingerprint density at radius 2 is 1.17 bits per heavy atom. The van der Waals surface area contributed by atoms with Crippen molar-refractivity contribution in [2.45, 2.75) is 9.79 Å². The molecule has 0 fully saturated rings. The van der Waals surface area contributed by atoms with Crippen LogP contribution in [0.5, 0.6) is 11.5 Å². The van der Waals surface area contributed by atoms with Crippen molar-refractivity contribution < 1.29 is 26.3 Å². The number of nitrogens with one attached hydrogen (secondary N) is 2. The van der Waals surface area contributed by atoms with Gasteiger partial charge in [0, 0.05) is 5.69 Å². The van der Waals surface area contributed by atoms with Gasteiger partial charge in [-0.2, -0.15) is 0 Å². The molecule has 0 bridgehead atoms. The van der Waals surface area contributed by atoms with E-state index in [2.05, 4.69) is 9.44 Å². The van der Waals surface area contributed by atoms with Crippen molar-refractivity contribution in [2.24, 2.45) is 0 Å². The number of ether oxygens (including phenoxy) is 2. The van der Waals surface area contributed by atoms with E-state index in [9.17, 15) is 16.8 Å². The molecule has 0 amide bonds. The van der Waals surface area contributed by atoms with Gasteiger partial charge in [-0.15, -0.1) is 0 Å². The molecule has 2 N–H and O–H groups in total. The van der Waals surface area contributed by atoms with E-state index in [1.165, 1.54) is 62.8 Å². The van der Waals surface area contributed by atoms with Gasteiger partial charge in [0.25, 0.3) is 20.0 Å². The van der Waals surface area contributed by atoms with E-state index < -0.39 is 20.0 Å². The van der Waals surface area contributed by atoms with Gasteiger partial charge >= 0.3 is 0 Å². The first-order valence-electron chi connectivity index (χ1n) is 8.68. The Labute approximate surface area is 175 Å². The monoisotopic (exact) mass is 448 g/mol. The minimum atomic E-state index is -3.89. The molecule has 30 heavy (non-hydrogen) atoms. The molecule has 0 unspecified atom stereocenters. The van der Waals surface area contributed by atoms with E-state index in [1.807, 2.05) is 0 Å². The first-order valence-corrected chi connectivity index (χ1v) is 11.6. The van der Waals surface area contributed by atoms with E-state index in [0.717, 1.165) is 0 Å². The number of anilines is 2. The van der Waals surface area contributed by atoms with Gasteiger partial charge in [-0.1, -0.05) is 12.1 Å². The first-order chi connectivity index (χ1) is 14.2. The Balaban J connectivity index is 1.78. The second kappa shape index (κ2) is 8.64. The van der Waals surface area contributed by atoms with Crippen LogP contribution in [-0.2, 0) is 20.0 Å². The normalized spacial score (nSPS) is 11.5. The Kier molecular flexibility index (Phi) is 6.18. The summed E-state index contributed by atoms with van der Waals surface area (Å²) in [6.07, 6.45) is 0. The lowest BCUT2D eigenvalue weighted by atomic mass is 10.3. The lowest BCUT2D eigenvalue weighted by Crippen LogP contribution is -2.15. The van der Waals surface area contributed by atoms with Crippen LogP contribution in [0.4, 0.5) is 11.4 Å². The maximum atomic E-state index is 12.6. The molecule has 0 radical (unpaired) electrons. The number of sulfonamides is 2. The molecular weight excluding hydrogens is 428 g/mol. The van der Waals surface area contributed by atoms with Crippen LogP contribution < -0.4 is 18.9 Å². The minimum Gasteiger partial charge on any atom is -0.497 e. The average molecular weight is 449 g/mol. The molecule has 158 valence electrons. The zero-order valence-electron chi connectivity index (χ0n) is 16.2. The molecule has 10 heteroatoms. The van der Waals surface area contributed by atoms with Crippen molar-refractivity contribution in [3.8, 4) is 11.5 Å². The van der Waals surface area contributed by atoms with Crippen LogP contribution in [0.3, 0.4) is 0 Å². The summed E-state index contributed by atoms with van der Waals surface area (Å²) in [6, 6.07) is 17.9. The summed E-state index contributed by atoms with van der Waals surface area (Å²) in [5.74, 6) is 0.913. The highest BCUT2D eigenvalue weighted by Gasteiger charge is 2.18. The molecular formula is C20H20N2O6S2. The number of para-hydroxylation sites is 2. The van der Waals surface area contributed by atoms with E-state index in [-0.39, 0.29) is 15.5 Å². The zero-order valence-corrected chi connectivity index (χ0v) is 17.8. The quantitative estimate of drug-likeness (QED) is 0.547. The molecule has 0 saturated carbocycles. The van der Waals surface area contributed by atoms with Crippen molar-refractivity contribution in [2.75, 3.05) is 23.7 Å². The fourth-order valence-electron chi connectivity index (χ4n) is 2.60. The highest BCUT2D eigenvalue weighted by Crippen LogP contribution is 2.27. The van der Waals surface area contributed by atoms with Gasteiger partial charge in [-0.25, -0.2) is 16.8 Å². The smallest absolute Gasteiger partial charge is 0.262 e. The highest BCUT2D eigenvalue weighted by molar-refractivity contribution is 7.93. The predicted octanol–water partition coefficient (Wildman–Crippen LogP) is 3.31. The van der Waals surface area contributed by atoms with Crippen molar-refractivity contribution in [1.29, 1.82) is 0 Å². The predicted molar refractivity (Wildman–Crippen MR) is 114 cm³/mol. The third-order valence-corrected chi connectivity index (χ3v) is 6.92. The molecule has 3 rings (SSSR count). The fourth-order valence-corrected chi connectivity index (χ4v) is 4.73. The molecule has 0 aliphatic carbocycles. The van der Waals surface area contributed by atoms with Crippen LogP contribution in [-0.4, -0.2) is 31.1 Å². The summed E-state index contributed by atoms with van der Waals surface area (Å²) in [5.41, 5.74) is 0.520. The van der Waals surface area contributed by atoms with Gasteiger partial charge < -0.3 is 9.47 Å². The molecule has 8 nitrogen and oxygen atoms in total. The van der Waals surface area contributed by atoms with Gasteiger partial charge in [-0.05, 0) is 60.7 Å². The highest BCUT2D eigenvalue weighted by atomic mass is 32.2. The molecule has 0 spiro atoms. The van der Waals surface area contributed by atoms with Crippen LogP contribution in [0.1, 0.15) is 0 Å². The lowest BCUT2D eigenvalue weighted by Gasteiger charge is -2.12.